The standard InChI is InChI=1S/2C19H16F5NO3.C9H6F4O.C5H7FO3.C5H7NO/c2*1-28-18(27)17-13(8-20)25-12-5-6-14(26)16(12)15(17)9-3-2-4-11(21)10(9)7-19(22,23)24;10-8-3-1-2-6(5-14)7(8)4-9(11,12)13;1-9-5(8)2-4(7)3-6;6-4-1-2-5(7)3-4/h2*2-4,15,25H,5-8H2,1H3;1-3,5H,4H2;2-3H2,1H3;3H,1-2,6H2/t2*15-;;;/m10.../s1. The van der Waals surface area contributed by atoms with Crippen LogP contribution in [0, 0.1) is 17.5 Å². The Bertz CT molecular complexity index is 3110. The molecule has 29 heteroatoms. The highest BCUT2D eigenvalue weighted by atomic mass is 19.4. The zero-order valence-electron chi connectivity index (χ0n) is 45.4. The SMILES string of the molecule is COC(=O)C1=C(CF)NC2=C(C(=O)CC2)[C@@H]1c1cccc(F)c1CC(F)(F)F.COC(=O)C1=C(CF)NC2=C(C(=O)CC2)[C@H]1c1cccc(F)c1CC(F)(F)F.COC(=O)CC(=O)CF.NC1=CC(=O)CC1.O=Cc1cccc(F)c1CC(F)(F)F. The number of allylic oxidation sites excluding steroid dienone is 8. The number of halogens is 15. The van der Waals surface area contributed by atoms with Crippen molar-refractivity contribution in [1.29, 1.82) is 0 Å². The maximum absolute atomic E-state index is 14.3. The van der Waals surface area contributed by atoms with Crippen molar-refractivity contribution in [3.63, 3.8) is 0 Å². The number of ether oxygens (including phenoxy) is 3. The summed E-state index contributed by atoms with van der Waals surface area (Å²) in [5.74, 6) is -9.99. The van der Waals surface area contributed by atoms with E-state index in [4.69, 9.17) is 5.73 Å². The number of nitrogens with one attached hydrogen (secondary N) is 2. The molecule has 4 N–H and O–H groups in total. The summed E-state index contributed by atoms with van der Waals surface area (Å²) in [6.07, 6.45) is -15.4. The molecule has 0 saturated heterocycles. The summed E-state index contributed by atoms with van der Waals surface area (Å²) in [6.45, 7) is -3.36. The maximum Gasteiger partial charge on any atom is 0.393 e. The lowest BCUT2D eigenvalue weighted by Crippen LogP contribution is -2.32. The van der Waals surface area contributed by atoms with Gasteiger partial charge in [0.2, 0.25) is 0 Å². The zero-order valence-corrected chi connectivity index (χ0v) is 45.4. The molecule has 8 rings (SSSR count). The van der Waals surface area contributed by atoms with E-state index in [2.05, 4.69) is 24.8 Å². The smallest absolute Gasteiger partial charge is 0.393 e. The molecule has 3 aromatic rings. The number of hydrogen-bond donors (Lipinski definition) is 3. The summed E-state index contributed by atoms with van der Waals surface area (Å²) >= 11 is 0. The molecule has 0 bridgehead atoms. The predicted octanol–water partition coefficient (Wildman–Crippen LogP) is 10.3. The lowest BCUT2D eigenvalue weighted by atomic mass is 9.78. The van der Waals surface area contributed by atoms with Crippen LogP contribution in [0.4, 0.5) is 65.9 Å². The van der Waals surface area contributed by atoms with Gasteiger partial charge in [0.15, 0.2) is 23.1 Å². The fraction of sp³-hybridized carbons (Fsp3) is 0.368. The molecule has 0 amide bonds. The number of ketones is 4. The van der Waals surface area contributed by atoms with Gasteiger partial charge in [0.25, 0.3) is 0 Å². The lowest BCUT2D eigenvalue weighted by Gasteiger charge is -2.30. The fourth-order valence-corrected chi connectivity index (χ4v) is 9.39. The van der Waals surface area contributed by atoms with E-state index in [1.807, 2.05) is 0 Å². The van der Waals surface area contributed by atoms with Gasteiger partial charge in [-0.05, 0) is 54.7 Å². The largest absolute Gasteiger partial charge is 0.469 e. The van der Waals surface area contributed by atoms with Crippen molar-refractivity contribution >= 4 is 47.3 Å². The van der Waals surface area contributed by atoms with Crippen LogP contribution >= 0.6 is 0 Å². The fourth-order valence-electron chi connectivity index (χ4n) is 9.39. The average Bonchev–Trinajstić information content (AvgIpc) is 1.56. The minimum atomic E-state index is -4.72. The highest BCUT2D eigenvalue weighted by Gasteiger charge is 2.45. The molecule has 86 heavy (non-hydrogen) atoms. The molecular weight excluding hydrogens is 1190 g/mol. The van der Waals surface area contributed by atoms with E-state index in [0.717, 1.165) is 57.7 Å². The number of carbonyl (C=O) groups excluding carboxylic acids is 8. The summed E-state index contributed by atoms with van der Waals surface area (Å²) in [4.78, 5) is 90.5. The van der Waals surface area contributed by atoms with Crippen LogP contribution in [0.3, 0.4) is 0 Å². The number of carbonyl (C=O) groups is 8. The van der Waals surface area contributed by atoms with Crippen LogP contribution in [0.15, 0.2) is 111 Å². The number of hydrogen-bond acceptors (Lipinski definition) is 14. The van der Waals surface area contributed by atoms with E-state index >= 15 is 0 Å². The first-order valence-corrected chi connectivity index (χ1v) is 25.2. The van der Waals surface area contributed by atoms with E-state index in [1.54, 1.807) is 0 Å². The molecule has 0 saturated carbocycles. The Hall–Kier alpha value is -8.53. The van der Waals surface area contributed by atoms with Crippen molar-refractivity contribution < 1.29 is 118 Å². The summed E-state index contributed by atoms with van der Waals surface area (Å²) in [5, 5.41) is 5.38. The third-order valence-electron chi connectivity index (χ3n) is 13.0. The number of aldehydes is 1. The van der Waals surface area contributed by atoms with Gasteiger partial charge >= 0.3 is 36.4 Å². The third-order valence-corrected chi connectivity index (χ3v) is 13.0. The molecule has 0 fully saturated rings. The van der Waals surface area contributed by atoms with Crippen LogP contribution in [0.25, 0.3) is 0 Å². The number of methoxy groups -OCH3 is 3. The minimum Gasteiger partial charge on any atom is -0.469 e. The molecule has 3 aliphatic carbocycles. The van der Waals surface area contributed by atoms with Crippen molar-refractivity contribution in [3.05, 3.63) is 162 Å². The molecule has 0 unspecified atom stereocenters. The first kappa shape index (κ1) is 70.0. The van der Waals surface area contributed by atoms with Crippen LogP contribution < -0.4 is 16.4 Å². The van der Waals surface area contributed by atoms with Crippen LogP contribution in [-0.4, -0.2) is 107 Å². The van der Waals surface area contributed by atoms with Gasteiger partial charge in [-0.25, -0.2) is 35.9 Å². The Morgan fingerprint density at radius 3 is 1.28 bits per heavy atom. The number of dihydropyridines is 2. The van der Waals surface area contributed by atoms with Gasteiger partial charge < -0.3 is 30.6 Å². The van der Waals surface area contributed by atoms with Gasteiger partial charge in [0, 0.05) is 81.6 Å². The van der Waals surface area contributed by atoms with E-state index < -0.39 is 145 Å². The second-order valence-electron chi connectivity index (χ2n) is 18.8. The van der Waals surface area contributed by atoms with E-state index in [0.29, 0.717) is 17.8 Å². The van der Waals surface area contributed by atoms with Crippen LogP contribution in [0.1, 0.15) is 95.0 Å². The van der Waals surface area contributed by atoms with Gasteiger partial charge in [-0.1, -0.05) is 36.4 Å². The molecule has 2 aliphatic heterocycles. The van der Waals surface area contributed by atoms with Crippen LogP contribution in [0.5, 0.6) is 0 Å². The van der Waals surface area contributed by atoms with Gasteiger partial charge in [0.05, 0.1) is 63.1 Å². The van der Waals surface area contributed by atoms with Crippen LogP contribution in [0.2, 0.25) is 0 Å². The normalized spacial score (nSPS) is 17.2. The first-order valence-electron chi connectivity index (χ1n) is 25.2. The highest BCUT2D eigenvalue weighted by molar-refractivity contribution is 6.06. The summed E-state index contributed by atoms with van der Waals surface area (Å²) in [6, 6.07) is 9.80. The second-order valence-corrected chi connectivity index (χ2v) is 18.8. The Balaban J connectivity index is 0.000000253. The molecule has 5 aliphatic rings. The van der Waals surface area contributed by atoms with Gasteiger partial charge in [0.1, 0.15) is 50.2 Å². The van der Waals surface area contributed by atoms with Gasteiger partial charge in [-0.2, -0.15) is 39.5 Å². The lowest BCUT2D eigenvalue weighted by molar-refractivity contribution is -0.144. The van der Waals surface area contributed by atoms with Crippen molar-refractivity contribution in [1.82, 2.24) is 10.6 Å². The zero-order chi connectivity index (χ0) is 64.6. The van der Waals surface area contributed by atoms with Crippen molar-refractivity contribution in [3.8, 4) is 0 Å². The molecule has 0 spiro atoms. The third kappa shape index (κ3) is 18.7. The molecule has 466 valence electrons. The summed E-state index contributed by atoms with van der Waals surface area (Å²) in [7, 11) is 3.21. The quantitative estimate of drug-likeness (QED) is 0.0478. The molecule has 0 radical (unpaired) electrons. The van der Waals surface area contributed by atoms with E-state index in [-0.39, 0.29) is 88.1 Å². The van der Waals surface area contributed by atoms with Gasteiger partial charge in [-0.3, -0.25) is 28.8 Å². The highest BCUT2D eigenvalue weighted by Crippen LogP contribution is 2.47. The number of Topliss-reactive ketones (excluding diaryl/α,β-unsaturated/α-hetero) is 3. The molecule has 14 nitrogen and oxygen atoms in total. The molecular formula is C57H52F15N3O11. The molecule has 2 atom stereocenters. The van der Waals surface area contributed by atoms with Crippen molar-refractivity contribution in [2.75, 3.05) is 41.4 Å². The Labute approximate surface area is 479 Å². The number of rotatable bonds is 13. The van der Waals surface area contributed by atoms with Gasteiger partial charge in [-0.15, -0.1) is 0 Å². The maximum atomic E-state index is 14.3. The number of esters is 3. The number of alkyl halides is 12. The molecule has 3 aromatic carbocycles. The number of nitrogens with two attached hydrogens (primary N) is 1. The Kier molecular flexibility index (Phi) is 24.8. The topological polar surface area (TPSA) is 214 Å². The first-order chi connectivity index (χ1) is 40.3. The summed E-state index contributed by atoms with van der Waals surface area (Å²) in [5.41, 5.74) is 3.06. The predicted molar refractivity (Wildman–Crippen MR) is 272 cm³/mol. The molecule has 0 aromatic heterocycles. The van der Waals surface area contributed by atoms with Crippen LogP contribution in [-0.2, 0) is 67.0 Å². The monoisotopic (exact) mass is 1240 g/mol. The van der Waals surface area contributed by atoms with E-state index in [1.165, 1.54) is 36.4 Å². The Morgan fingerprint density at radius 1 is 0.570 bits per heavy atom. The van der Waals surface area contributed by atoms with E-state index in [9.17, 15) is 104 Å². The number of benzene rings is 3. The van der Waals surface area contributed by atoms with Crippen molar-refractivity contribution in [2.24, 2.45) is 5.73 Å². The van der Waals surface area contributed by atoms with Crippen molar-refractivity contribution in [2.45, 2.75) is 94.6 Å². The minimum absolute atomic E-state index is 0.0478. The summed E-state index contributed by atoms with van der Waals surface area (Å²) < 4.78 is 208. The average molecular weight is 1240 g/mol. The second kappa shape index (κ2) is 30.5. The Morgan fingerprint density at radius 2 is 0.965 bits per heavy atom. The molecule has 2 heterocycles.